The number of hydrogen-bond donors (Lipinski definition) is 1. The molecule has 1 aliphatic heterocycles. The van der Waals surface area contributed by atoms with Crippen LogP contribution in [-0.4, -0.2) is 59.1 Å². The SMILES string of the molecule is C=NC(=O)C1CCN(C(=O)c2ccc(NC(=O)c3ncc(-c4ccc(OC)c(F)c4F)n3C)cc2Cl)CC1. The summed E-state index contributed by atoms with van der Waals surface area (Å²) in [5.74, 6) is -3.98. The Morgan fingerprint density at radius 2 is 1.87 bits per heavy atom. The van der Waals surface area contributed by atoms with E-state index in [0.717, 1.165) is 0 Å². The van der Waals surface area contributed by atoms with Crippen LogP contribution in [0.4, 0.5) is 14.5 Å². The molecule has 4 rings (SSSR count). The van der Waals surface area contributed by atoms with Crippen molar-refractivity contribution in [3.05, 3.63) is 64.6 Å². The molecule has 12 heteroatoms. The number of ether oxygens (including phenoxy) is 1. The summed E-state index contributed by atoms with van der Waals surface area (Å²) >= 11 is 6.36. The summed E-state index contributed by atoms with van der Waals surface area (Å²) in [6.45, 7) is 4.04. The molecule has 0 unspecified atom stereocenters. The van der Waals surface area contributed by atoms with Crippen LogP contribution in [0.15, 0.2) is 41.5 Å². The molecular formula is C26H24ClF2N5O4. The molecule has 1 saturated heterocycles. The molecule has 38 heavy (non-hydrogen) atoms. The van der Waals surface area contributed by atoms with Gasteiger partial charge in [-0.25, -0.2) is 14.4 Å². The lowest BCUT2D eigenvalue weighted by molar-refractivity contribution is -0.122. The van der Waals surface area contributed by atoms with Gasteiger partial charge in [-0.3, -0.25) is 14.4 Å². The van der Waals surface area contributed by atoms with Crippen molar-refractivity contribution in [2.75, 3.05) is 25.5 Å². The molecule has 2 heterocycles. The molecule has 0 saturated carbocycles. The van der Waals surface area contributed by atoms with Crippen LogP contribution in [0.2, 0.25) is 5.02 Å². The first-order chi connectivity index (χ1) is 18.2. The number of piperidine rings is 1. The average molecular weight is 544 g/mol. The van der Waals surface area contributed by atoms with Gasteiger partial charge in [0.2, 0.25) is 11.7 Å². The largest absolute Gasteiger partial charge is 0.494 e. The van der Waals surface area contributed by atoms with E-state index >= 15 is 0 Å². The lowest BCUT2D eigenvalue weighted by atomic mass is 9.95. The van der Waals surface area contributed by atoms with Crippen LogP contribution >= 0.6 is 11.6 Å². The quantitative estimate of drug-likeness (QED) is 0.465. The fraction of sp³-hybridized carbons (Fsp3) is 0.269. The second-order valence-corrected chi connectivity index (χ2v) is 9.09. The monoisotopic (exact) mass is 543 g/mol. The maximum absolute atomic E-state index is 14.6. The Morgan fingerprint density at radius 1 is 1.16 bits per heavy atom. The van der Waals surface area contributed by atoms with Crippen molar-refractivity contribution < 1.29 is 27.9 Å². The van der Waals surface area contributed by atoms with Crippen molar-refractivity contribution >= 4 is 41.7 Å². The Labute approximate surface area is 222 Å². The predicted molar refractivity (Wildman–Crippen MR) is 138 cm³/mol. The van der Waals surface area contributed by atoms with E-state index in [1.54, 1.807) is 4.90 Å². The standard InChI is InChI=1S/C26H24ClF2N5O4/c1-30-24(35)14-8-10-34(11-9-14)26(37)16-5-4-15(12-18(16)27)32-25(36)23-31-13-19(33(23)2)17-6-7-20(38-3)22(29)21(17)28/h4-7,12-14H,1,8-11H2,2-3H3,(H,32,36). The third-order valence-electron chi connectivity index (χ3n) is 6.48. The van der Waals surface area contributed by atoms with Crippen LogP contribution in [0, 0.1) is 17.6 Å². The van der Waals surface area contributed by atoms with Crippen LogP contribution in [0.5, 0.6) is 5.75 Å². The topological polar surface area (TPSA) is 106 Å². The zero-order valence-electron chi connectivity index (χ0n) is 20.6. The molecule has 0 bridgehead atoms. The van der Waals surface area contributed by atoms with Gasteiger partial charge in [-0.2, -0.15) is 4.39 Å². The van der Waals surface area contributed by atoms with Gasteiger partial charge in [0.1, 0.15) is 0 Å². The fourth-order valence-electron chi connectivity index (χ4n) is 4.34. The fourth-order valence-corrected chi connectivity index (χ4v) is 4.60. The number of likely N-dealkylation sites (tertiary alicyclic amines) is 1. The number of nitrogens with one attached hydrogen (secondary N) is 1. The molecule has 198 valence electrons. The number of benzene rings is 2. The molecule has 0 radical (unpaired) electrons. The highest BCUT2D eigenvalue weighted by Gasteiger charge is 2.28. The molecule has 3 amide bonds. The summed E-state index contributed by atoms with van der Waals surface area (Å²) in [5, 5.41) is 2.78. The van der Waals surface area contributed by atoms with Crippen molar-refractivity contribution in [3.63, 3.8) is 0 Å². The van der Waals surface area contributed by atoms with Gasteiger partial charge in [0.05, 0.1) is 29.6 Å². The van der Waals surface area contributed by atoms with Gasteiger partial charge >= 0.3 is 0 Å². The van der Waals surface area contributed by atoms with E-state index < -0.39 is 17.5 Å². The molecule has 1 fully saturated rings. The van der Waals surface area contributed by atoms with Crippen LogP contribution in [0.3, 0.4) is 0 Å². The Hall–Kier alpha value is -4.12. The molecule has 1 N–H and O–H groups in total. The Balaban J connectivity index is 1.47. The van der Waals surface area contributed by atoms with Crippen LogP contribution in [-0.2, 0) is 11.8 Å². The zero-order valence-corrected chi connectivity index (χ0v) is 21.4. The van der Waals surface area contributed by atoms with E-state index in [1.807, 2.05) is 0 Å². The Morgan fingerprint density at radius 3 is 2.50 bits per heavy atom. The maximum Gasteiger partial charge on any atom is 0.291 e. The van der Waals surface area contributed by atoms with Crippen LogP contribution < -0.4 is 10.1 Å². The number of halogens is 3. The minimum absolute atomic E-state index is 0.0571. The lowest BCUT2D eigenvalue weighted by Crippen LogP contribution is -2.40. The number of aliphatic imine (C=N–C) groups is 1. The highest BCUT2D eigenvalue weighted by molar-refractivity contribution is 6.34. The summed E-state index contributed by atoms with van der Waals surface area (Å²) in [5.41, 5.74) is 0.664. The maximum atomic E-state index is 14.6. The minimum Gasteiger partial charge on any atom is -0.494 e. The third kappa shape index (κ3) is 5.14. The van der Waals surface area contributed by atoms with E-state index in [1.165, 1.54) is 55.3 Å². The van der Waals surface area contributed by atoms with Gasteiger partial charge in [-0.15, -0.1) is 0 Å². The zero-order chi connectivity index (χ0) is 27.6. The number of nitrogens with zero attached hydrogens (tertiary/aromatic N) is 4. The van der Waals surface area contributed by atoms with Gasteiger partial charge in [0.15, 0.2) is 17.4 Å². The van der Waals surface area contributed by atoms with Gasteiger partial charge in [0, 0.05) is 37.3 Å². The number of methoxy groups -OCH3 is 1. The second kappa shape index (κ2) is 11.1. The Bertz CT molecular complexity index is 1430. The number of hydrogen-bond acceptors (Lipinski definition) is 5. The average Bonchev–Trinajstić information content (AvgIpc) is 3.30. The normalized spacial score (nSPS) is 13.8. The molecule has 3 aromatic rings. The van der Waals surface area contributed by atoms with E-state index in [2.05, 4.69) is 22.0 Å². The van der Waals surface area contributed by atoms with Crippen molar-refractivity contribution in [1.82, 2.24) is 14.5 Å². The molecule has 9 nitrogen and oxygen atoms in total. The molecule has 2 aromatic carbocycles. The highest BCUT2D eigenvalue weighted by Crippen LogP contribution is 2.30. The molecule has 1 aliphatic rings. The Kier molecular flexibility index (Phi) is 7.86. The number of imidazole rings is 1. The minimum atomic E-state index is -1.15. The summed E-state index contributed by atoms with van der Waals surface area (Å²) in [4.78, 5) is 46.7. The first kappa shape index (κ1) is 26.9. The molecule has 0 atom stereocenters. The van der Waals surface area contributed by atoms with Crippen molar-refractivity contribution in [2.24, 2.45) is 18.0 Å². The van der Waals surface area contributed by atoms with E-state index in [4.69, 9.17) is 16.3 Å². The molecule has 1 aromatic heterocycles. The number of anilines is 1. The number of carbonyl (C=O) groups excluding carboxylic acids is 3. The summed E-state index contributed by atoms with van der Waals surface area (Å²) in [6, 6.07) is 7.08. The van der Waals surface area contributed by atoms with E-state index in [-0.39, 0.29) is 51.1 Å². The summed E-state index contributed by atoms with van der Waals surface area (Å²) in [6.07, 6.45) is 2.25. The summed E-state index contributed by atoms with van der Waals surface area (Å²) < 4.78 is 34.9. The van der Waals surface area contributed by atoms with Crippen LogP contribution in [0.1, 0.15) is 33.8 Å². The number of aromatic nitrogens is 2. The number of carbonyl (C=O) groups is 3. The molecular weight excluding hydrogens is 520 g/mol. The molecule has 0 aliphatic carbocycles. The van der Waals surface area contributed by atoms with E-state index in [9.17, 15) is 23.2 Å². The number of amides is 3. The van der Waals surface area contributed by atoms with Gasteiger partial charge in [-0.05, 0) is 49.9 Å². The third-order valence-corrected chi connectivity index (χ3v) is 6.79. The number of rotatable bonds is 6. The highest BCUT2D eigenvalue weighted by atomic mass is 35.5. The first-order valence-corrected chi connectivity index (χ1v) is 12.0. The smallest absolute Gasteiger partial charge is 0.291 e. The second-order valence-electron chi connectivity index (χ2n) is 8.68. The van der Waals surface area contributed by atoms with Gasteiger partial charge < -0.3 is 19.5 Å². The van der Waals surface area contributed by atoms with Crippen molar-refractivity contribution in [2.45, 2.75) is 12.8 Å². The summed E-state index contributed by atoms with van der Waals surface area (Å²) in [7, 11) is 2.72. The van der Waals surface area contributed by atoms with Gasteiger partial charge in [-0.1, -0.05) is 11.6 Å². The van der Waals surface area contributed by atoms with E-state index in [0.29, 0.717) is 31.6 Å². The van der Waals surface area contributed by atoms with Crippen molar-refractivity contribution in [1.29, 1.82) is 0 Å². The van der Waals surface area contributed by atoms with Crippen LogP contribution in [0.25, 0.3) is 11.3 Å². The predicted octanol–water partition coefficient (Wildman–Crippen LogP) is 4.36. The lowest BCUT2D eigenvalue weighted by Gasteiger charge is -2.30. The first-order valence-electron chi connectivity index (χ1n) is 11.6. The van der Waals surface area contributed by atoms with Crippen molar-refractivity contribution in [3.8, 4) is 17.0 Å². The van der Waals surface area contributed by atoms with Gasteiger partial charge in [0.25, 0.3) is 11.8 Å². The molecule has 0 spiro atoms.